The van der Waals surface area contributed by atoms with E-state index >= 15 is 0 Å². The second kappa shape index (κ2) is 9.19. The molecule has 144 valence electrons. The van der Waals surface area contributed by atoms with E-state index in [1.165, 1.54) is 12.5 Å². The summed E-state index contributed by atoms with van der Waals surface area (Å²) >= 11 is 11.9. The lowest BCUT2D eigenvalue weighted by Gasteiger charge is -2.17. The lowest BCUT2D eigenvalue weighted by molar-refractivity contribution is 0.0898. The highest BCUT2D eigenvalue weighted by molar-refractivity contribution is 6.35. The molecule has 3 rings (SSSR count). The Bertz CT molecular complexity index is 819. The summed E-state index contributed by atoms with van der Waals surface area (Å²) in [6, 6.07) is 4.65. The number of carbonyl (C=O) groups is 2. The van der Waals surface area contributed by atoms with Crippen LogP contribution in [0.3, 0.4) is 0 Å². The van der Waals surface area contributed by atoms with Crippen LogP contribution < -0.4 is 10.6 Å². The Balaban J connectivity index is 1.45. The van der Waals surface area contributed by atoms with E-state index in [0.717, 1.165) is 25.7 Å². The monoisotopic (exact) mass is 410 g/mol. The molecular weight excluding hydrogens is 391 g/mol. The molecule has 2 amide bonds. The Hall–Kier alpha value is -2.12. The van der Waals surface area contributed by atoms with Crippen molar-refractivity contribution in [3.05, 3.63) is 45.5 Å². The van der Waals surface area contributed by atoms with E-state index in [2.05, 4.69) is 20.8 Å². The largest absolute Gasteiger partial charge is 0.350 e. The van der Waals surface area contributed by atoms with Gasteiger partial charge in [0.15, 0.2) is 5.82 Å². The van der Waals surface area contributed by atoms with Crippen LogP contribution >= 0.6 is 23.2 Å². The third-order valence-electron chi connectivity index (χ3n) is 4.48. The molecule has 1 aromatic heterocycles. The molecule has 0 unspecified atom stereocenters. The van der Waals surface area contributed by atoms with Crippen molar-refractivity contribution >= 4 is 35.0 Å². The third-order valence-corrected chi connectivity index (χ3v) is 5.04. The van der Waals surface area contributed by atoms with Crippen LogP contribution in [0.2, 0.25) is 10.0 Å². The fourth-order valence-electron chi connectivity index (χ4n) is 3.05. The van der Waals surface area contributed by atoms with Gasteiger partial charge in [-0.3, -0.25) is 9.59 Å². The Morgan fingerprint density at radius 3 is 2.52 bits per heavy atom. The number of nitrogens with one attached hydrogen (secondary N) is 2. The van der Waals surface area contributed by atoms with Crippen molar-refractivity contribution in [3.8, 4) is 0 Å². The first-order chi connectivity index (χ1) is 13.0. The normalized spacial score (nSPS) is 14.7. The van der Waals surface area contributed by atoms with Gasteiger partial charge >= 0.3 is 11.8 Å². The number of nitrogens with zero attached hydrogens (tertiary/aromatic N) is 2. The van der Waals surface area contributed by atoms with Crippen LogP contribution in [0.1, 0.15) is 64.9 Å². The van der Waals surface area contributed by atoms with Gasteiger partial charge in [0, 0.05) is 24.0 Å². The van der Waals surface area contributed by atoms with Crippen LogP contribution in [0.4, 0.5) is 0 Å². The summed E-state index contributed by atoms with van der Waals surface area (Å²) in [5, 5.41) is 9.96. The van der Waals surface area contributed by atoms with E-state index in [9.17, 15) is 9.59 Å². The van der Waals surface area contributed by atoms with Crippen LogP contribution in [0.5, 0.6) is 0 Å². The molecule has 2 aromatic rings. The number of hydrogen-bond donors (Lipinski definition) is 2. The Morgan fingerprint density at radius 1 is 1.07 bits per heavy atom. The fraction of sp³-hybridized carbons (Fsp3) is 0.444. The Labute approximate surface area is 166 Å². The molecule has 0 atom stereocenters. The van der Waals surface area contributed by atoms with Crippen LogP contribution in [0, 0.1) is 0 Å². The molecular formula is C18H20Cl2N4O3. The zero-order valence-corrected chi connectivity index (χ0v) is 16.1. The predicted octanol–water partition coefficient (Wildman–Crippen LogP) is 3.58. The number of rotatable bonds is 6. The summed E-state index contributed by atoms with van der Waals surface area (Å²) < 4.78 is 5.06. The summed E-state index contributed by atoms with van der Waals surface area (Å²) in [6.45, 7) is 0.431. The molecule has 27 heavy (non-hydrogen) atoms. The molecule has 0 spiro atoms. The first-order valence-corrected chi connectivity index (χ1v) is 9.65. The third kappa shape index (κ3) is 5.20. The van der Waals surface area contributed by atoms with Gasteiger partial charge in [0.1, 0.15) is 0 Å². The molecule has 9 heteroatoms. The average molecular weight is 411 g/mol. The summed E-state index contributed by atoms with van der Waals surface area (Å²) in [4.78, 5) is 28.4. The lowest BCUT2D eigenvalue weighted by Crippen LogP contribution is -2.35. The second-order valence-corrected chi connectivity index (χ2v) is 7.27. The molecule has 0 aliphatic heterocycles. The van der Waals surface area contributed by atoms with E-state index in [1.54, 1.807) is 12.1 Å². The zero-order chi connectivity index (χ0) is 19.2. The minimum absolute atomic E-state index is 0.0558. The lowest BCUT2D eigenvalue weighted by atomic mass is 9.89. The van der Waals surface area contributed by atoms with Gasteiger partial charge < -0.3 is 15.2 Å². The number of amides is 2. The van der Waals surface area contributed by atoms with Gasteiger partial charge in [-0.25, -0.2) is 0 Å². The molecule has 1 saturated carbocycles. The van der Waals surface area contributed by atoms with E-state index in [4.69, 9.17) is 27.7 Å². The van der Waals surface area contributed by atoms with Crippen molar-refractivity contribution < 1.29 is 14.1 Å². The highest BCUT2D eigenvalue weighted by Crippen LogP contribution is 2.30. The quantitative estimate of drug-likeness (QED) is 0.709. The van der Waals surface area contributed by atoms with Crippen LogP contribution in [-0.4, -0.2) is 35.0 Å². The predicted molar refractivity (Wildman–Crippen MR) is 101 cm³/mol. The molecule has 1 fully saturated rings. The van der Waals surface area contributed by atoms with Crippen molar-refractivity contribution in [2.45, 2.75) is 38.0 Å². The zero-order valence-electron chi connectivity index (χ0n) is 14.6. The van der Waals surface area contributed by atoms with Gasteiger partial charge in [-0.15, -0.1) is 0 Å². The number of halogens is 2. The topological polar surface area (TPSA) is 97.1 Å². The molecule has 1 aromatic carbocycles. The molecule has 1 aliphatic carbocycles. The number of aromatic nitrogens is 2. The molecule has 2 N–H and O–H groups in total. The van der Waals surface area contributed by atoms with Crippen molar-refractivity contribution in [2.75, 3.05) is 13.1 Å². The van der Waals surface area contributed by atoms with Gasteiger partial charge in [-0.2, -0.15) is 4.98 Å². The average Bonchev–Trinajstić information content (AvgIpc) is 3.18. The minimum Gasteiger partial charge on any atom is -0.350 e. The number of hydrogen-bond acceptors (Lipinski definition) is 5. The maximum absolute atomic E-state index is 12.1. The summed E-state index contributed by atoms with van der Waals surface area (Å²) in [5.74, 6) is -0.0111. The number of carbonyl (C=O) groups excluding carboxylic acids is 2. The smallest absolute Gasteiger partial charge is 0.315 e. The maximum atomic E-state index is 12.1. The van der Waals surface area contributed by atoms with E-state index in [-0.39, 0.29) is 36.4 Å². The van der Waals surface area contributed by atoms with Crippen molar-refractivity contribution in [3.63, 3.8) is 0 Å². The van der Waals surface area contributed by atoms with Gasteiger partial charge in [0.2, 0.25) is 0 Å². The first kappa shape index (κ1) is 19.6. The van der Waals surface area contributed by atoms with Crippen molar-refractivity contribution in [1.82, 2.24) is 20.8 Å². The van der Waals surface area contributed by atoms with E-state index in [0.29, 0.717) is 15.9 Å². The van der Waals surface area contributed by atoms with Crippen molar-refractivity contribution in [1.29, 1.82) is 0 Å². The summed E-state index contributed by atoms with van der Waals surface area (Å²) in [6.07, 6.45) is 5.58. The molecule has 1 heterocycles. The molecule has 0 saturated heterocycles. The fourth-order valence-corrected chi connectivity index (χ4v) is 3.42. The molecule has 7 nitrogen and oxygen atoms in total. The highest BCUT2D eigenvalue weighted by Gasteiger charge is 2.23. The van der Waals surface area contributed by atoms with Crippen molar-refractivity contribution in [2.24, 2.45) is 0 Å². The van der Waals surface area contributed by atoms with Gasteiger partial charge in [-0.1, -0.05) is 47.6 Å². The van der Waals surface area contributed by atoms with Crippen LogP contribution in [-0.2, 0) is 0 Å². The molecule has 0 bridgehead atoms. The summed E-state index contributed by atoms with van der Waals surface area (Å²) in [7, 11) is 0. The second-order valence-electron chi connectivity index (χ2n) is 6.43. The van der Waals surface area contributed by atoms with E-state index in [1.807, 2.05) is 0 Å². The van der Waals surface area contributed by atoms with E-state index < -0.39 is 5.91 Å². The summed E-state index contributed by atoms with van der Waals surface area (Å²) in [5.41, 5.74) is 0.282. The van der Waals surface area contributed by atoms with Gasteiger partial charge in [0.25, 0.3) is 5.91 Å². The SMILES string of the molecule is O=C(NCCNC(=O)c1cc(Cl)ccc1Cl)c1nc(C2CCCCC2)no1. The van der Waals surface area contributed by atoms with Crippen LogP contribution in [0.25, 0.3) is 0 Å². The maximum Gasteiger partial charge on any atom is 0.315 e. The highest BCUT2D eigenvalue weighted by atomic mass is 35.5. The minimum atomic E-state index is -0.459. The van der Waals surface area contributed by atoms with Crippen LogP contribution in [0.15, 0.2) is 22.7 Å². The Morgan fingerprint density at radius 2 is 1.78 bits per heavy atom. The molecule has 1 aliphatic rings. The first-order valence-electron chi connectivity index (χ1n) is 8.89. The Kier molecular flexibility index (Phi) is 6.68. The van der Waals surface area contributed by atoms with Gasteiger partial charge in [-0.05, 0) is 31.0 Å². The number of benzene rings is 1. The molecule has 0 radical (unpaired) electrons. The van der Waals surface area contributed by atoms with Gasteiger partial charge in [0.05, 0.1) is 10.6 Å². The standard InChI is InChI=1S/C18H20Cl2N4O3/c19-12-6-7-14(20)13(10-12)16(25)21-8-9-22-17(26)18-23-15(24-27-18)11-4-2-1-3-5-11/h6-7,10-11H,1-5,8-9H2,(H,21,25)(H,22,26).